The highest BCUT2D eigenvalue weighted by molar-refractivity contribution is 5.84. The third-order valence-corrected chi connectivity index (χ3v) is 4.88. The summed E-state index contributed by atoms with van der Waals surface area (Å²) in [4.78, 5) is 14.8. The van der Waals surface area contributed by atoms with E-state index < -0.39 is 0 Å². The zero-order valence-corrected chi connectivity index (χ0v) is 15.7. The lowest BCUT2D eigenvalue weighted by atomic mass is 9.82. The number of hydrogen-bond acceptors (Lipinski definition) is 3. The first-order valence-electron chi connectivity index (χ1n) is 9.35. The summed E-state index contributed by atoms with van der Waals surface area (Å²) >= 11 is 0. The van der Waals surface area contributed by atoms with Gasteiger partial charge in [0.05, 0.1) is 5.92 Å². The topological polar surface area (TPSA) is 41.6 Å². The fraction of sp³-hybridized carbons (Fsp3) is 0.409. The maximum absolute atomic E-state index is 12.7. The average molecular weight is 352 g/mol. The van der Waals surface area contributed by atoms with Crippen LogP contribution in [0, 0.1) is 0 Å². The molecule has 0 fully saturated rings. The van der Waals surface area contributed by atoms with Crippen molar-refractivity contribution < 1.29 is 9.53 Å². The minimum Gasteiger partial charge on any atom is -0.492 e. The van der Waals surface area contributed by atoms with Crippen molar-refractivity contribution in [2.24, 2.45) is 0 Å². The van der Waals surface area contributed by atoms with Crippen LogP contribution in [0.5, 0.6) is 5.75 Å². The van der Waals surface area contributed by atoms with Gasteiger partial charge < -0.3 is 15.0 Å². The first-order valence-corrected chi connectivity index (χ1v) is 9.35. The summed E-state index contributed by atoms with van der Waals surface area (Å²) in [5.74, 6) is 0.972. The monoisotopic (exact) mass is 352 g/mol. The van der Waals surface area contributed by atoms with Gasteiger partial charge in [-0.1, -0.05) is 36.4 Å². The molecule has 1 atom stereocenters. The highest BCUT2D eigenvalue weighted by atomic mass is 16.5. The van der Waals surface area contributed by atoms with Crippen LogP contribution in [0.1, 0.15) is 35.4 Å². The van der Waals surface area contributed by atoms with E-state index in [-0.39, 0.29) is 11.8 Å². The molecule has 1 aliphatic rings. The third kappa shape index (κ3) is 4.85. The van der Waals surface area contributed by atoms with Gasteiger partial charge in [0.15, 0.2) is 0 Å². The Labute approximate surface area is 156 Å². The minimum atomic E-state index is -0.0198. The van der Waals surface area contributed by atoms with Crippen LogP contribution in [0.15, 0.2) is 48.5 Å². The Balaban J connectivity index is 1.52. The van der Waals surface area contributed by atoms with E-state index in [1.165, 1.54) is 11.1 Å². The molecule has 0 radical (unpaired) electrons. The number of ether oxygens (including phenoxy) is 1. The normalized spacial score (nSPS) is 16.2. The zero-order chi connectivity index (χ0) is 18.4. The van der Waals surface area contributed by atoms with Crippen molar-refractivity contribution in [3.8, 4) is 5.75 Å². The first kappa shape index (κ1) is 18.5. The quantitative estimate of drug-likeness (QED) is 0.831. The lowest BCUT2D eigenvalue weighted by Gasteiger charge is -2.24. The van der Waals surface area contributed by atoms with Gasteiger partial charge in [-0.05, 0) is 62.2 Å². The van der Waals surface area contributed by atoms with Gasteiger partial charge in [-0.2, -0.15) is 0 Å². The van der Waals surface area contributed by atoms with Gasteiger partial charge in [-0.15, -0.1) is 0 Å². The second-order valence-corrected chi connectivity index (χ2v) is 7.16. The maximum atomic E-state index is 12.7. The van der Waals surface area contributed by atoms with Gasteiger partial charge in [0.25, 0.3) is 0 Å². The summed E-state index contributed by atoms with van der Waals surface area (Å²) in [6.45, 7) is 2.11. The smallest absolute Gasteiger partial charge is 0.227 e. The fourth-order valence-corrected chi connectivity index (χ4v) is 3.39. The van der Waals surface area contributed by atoms with Crippen molar-refractivity contribution in [2.45, 2.75) is 31.7 Å². The fourth-order valence-electron chi connectivity index (χ4n) is 3.39. The van der Waals surface area contributed by atoms with Crippen LogP contribution in [0.25, 0.3) is 0 Å². The van der Waals surface area contributed by atoms with Gasteiger partial charge in [0.1, 0.15) is 12.4 Å². The summed E-state index contributed by atoms with van der Waals surface area (Å²) in [5, 5.41) is 3.10. The van der Waals surface area contributed by atoms with E-state index in [2.05, 4.69) is 28.4 Å². The highest BCUT2D eigenvalue weighted by Crippen LogP contribution is 2.31. The van der Waals surface area contributed by atoms with Crippen molar-refractivity contribution in [2.75, 3.05) is 27.2 Å². The van der Waals surface area contributed by atoms with Crippen LogP contribution in [0.4, 0.5) is 0 Å². The van der Waals surface area contributed by atoms with Crippen LogP contribution < -0.4 is 10.1 Å². The minimum absolute atomic E-state index is 0.0198. The summed E-state index contributed by atoms with van der Waals surface area (Å²) in [7, 11) is 4.06. The molecule has 0 aliphatic heterocycles. The molecule has 138 valence electrons. The molecule has 2 aromatic carbocycles. The Bertz CT molecular complexity index is 725. The number of carbonyl (C=O) groups is 1. The summed E-state index contributed by atoms with van der Waals surface area (Å²) in [6, 6.07) is 16.3. The number of fused-ring (bicyclic) bond motifs is 1. The number of rotatable bonds is 7. The van der Waals surface area contributed by atoms with Crippen molar-refractivity contribution >= 4 is 5.91 Å². The molecule has 0 heterocycles. The Kier molecular flexibility index (Phi) is 6.29. The Morgan fingerprint density at radius 1 is 1.15 bits per heavy atom. The van der Waals surface area contributed by atoms with E-state index in [4.69, 9.17) is 4.74 Å². The van der Waals surface area contributed by atoms with Gasteiger partial charge in [-0.3, -0.25) is 4.79 Å². The van der Waals surface area contributed by atoms with Gasteiger partial charge in [-0.25, -0.2) is 0 Å². The number of carbonyl (C=O) groups excluding carboxylic acids is 1. The highest BCUT2D eigenvalue weighted by Gasteiger charge is 2.25. The van der Waals surface area contributed by atoms with Gasteiger partial charge >= 0.3 is 0 Å². The molecule has 0 spiro atoms. The molecule has 26 heavy (non-hydrogen) atoms. The predicted octanol–water partition coefficient (Wildman–Crippen LogP) is 3.36. The lowest BCUT2D eigenvalue weighted by molar-refractivity contribution is -0.123. The Hall–Kier alpha value is -2.33. The van der Waals surface area contributed by atoms with E-state index in [1.807, 2.05) is 44.4 Å². The zero-order valence-electron chi connectivity index (χ0n) is 15.7. The molecule has 0 saturated carbocycles. The molecular formula is C22H28N2O2. The number of aryl methyl sites for hydroxylation is 1. The van der Waals surface area contributed by atoms with Gasteiger partial charge in [0, 0.05) is 13.1 Å². The molecule has 1 aliphatic carbocycles. The number of benzene rings is 2. The van der Waals surface area contributed by atoms with Crippen LogP contribution >= 0.6 is 0 Å². The molecule has 1 amide bonds. The molecule has 0 unspecified atom stereocenters. The Morgan fingerprint density at radius 3 is 2.69 bits per heavy atom. The number of nitrogens with one attached hydrogen (secondary N) is 1. The number of likely N-dealkylation sites (N-methyl/N-ethyl adjacent to an activating group) is 1. The van der Waals surface area contributed by atoms with E-state index in [0.717, 1.165) is 37.1 Å². The average Bonchev–Trinajstić information content (AvgIpc) is 2.66. The number of hydrogen-bond donors (Lipinski definition) is 1. The van der Waals surface area contributed by atoms with Crippen molar-refractivity contribution in [1.82, 2.24) is 10.2 Å². The standard InChI is InChI=1S/C22H28N2O2/c1-24(2)14-15-26-19-12-10-17(11-13-19)16-23-22(25)21-9-5-7-18-6-3-4-8-20(18)21/h3-4,6,8,10-13,21H,5,7,9,14-16H2,1-2H3,(H,23,25)/t21-/m1/s1. The molecule has 3 rings (SSSR count). The lowest BCUT2D eigenvalue weighted by Crippen LogP contribution is -2.31. The third-order valence-electron chi connectivity index (χ3n) is 4.88. The molecule has 0 saturated heterocycles. The second-order valence-electron chi connectivity index (χ2n) is 7.16. The molecule has 0 bridgehead atoms. The van der Waals surface area contributed by atoms with E-state index in [0.29, 0.717) is 13.2 Å². The molecule has 0 aromatic heterocycles. The van der Waals surface area contributed by atoms with Crippen LogP contribution in [-0.4, -0.2) is 38.1 Å². The summed E-state index contributed by atoms with van der Waals surface area (Å²) in [6.07, 6.45) is 3.09. The van der Waals surface area contributed by atoms with Gasteiger partial charge in [0.2, 0.25) is 5.91 Å². The molecule has 1 N–H and O–H groups in total. The molecular weight excluding hydrogens is 324 g/mol. The van der Waals surface area contributed by atoms with Crippen LogP contribution in [-0.2, 0) is 17.8 Å². The Morgan fingerprint density at radius 2 is 1.92 bits per heavy atom. The first-order chi connectivity index (χ1) is 12.6. The van der Waals surface area contributed by atoms with E-state index >= 15 is 0 Å². The largest absolute Gasteiger partial charge is 0.492 e. The van der Waals surface area contributed by atoms with Crippen LogP contribution in [0.2, 0.25) is 0 Å². The predicted molar refractivity (Wildman–Crippen MR) is 104 cm³/mol. The van der Waals surface area contributed by atoms with Crippen LogP contribution in [0.3, 0.4) is 0 Å². The summed E-state index contributed by atoms with van der Waals surface area (Å²) < 4.78 is 5.70. The van der Waals surface area contributed by atoms with E-state index in [1.54, 1.807) is 0 Å². The van der Waals surface area contributed by atoms with Crippen molar-refractivity contribution in [3.05, 3.63) is 65.2 Å². The van der Waals surface area contributed by atoms with Crippen molar-refractivity contribution in [3.63, 3.8) is 0 Å². The molecule has 4 heteroatoms. The number of nitrogens with zero attached hydrogens (tertiary/aromatic N) is 1. The van der Waals surface area contributed by atoms with Crippen molar-refractivity contribution in [1.29, 1.82) is 0 Å². The second kappa shape index (κ2) is 8.86. The van der Waals surface area contributed by atoms with E-state index in [9.17, 15) is 4.79 Å². The molecule has 4 nitrogen and oxygen atoms in total. The number of amides is 1. The molecule has 2 aromatic rings. The summed E-state index contributed by atoms with van der Waals surface area (Å²) in [5.41, 5.74) is 3.60. The SMILES string of the molecule is CN(C)CCOc1ccc(CNC(=O)[C@@H]2CCCc3ccccc32)cc1. The maximum Gasteiger partial charge on any atom is 0.227 e.